The van der Waals surface area contributed by atoms with Crippen molar-refractivity contribution in [1.82, 2.24) is 14.4 Å². The molecule has 1 aromatic carbocycles. The summed E-state index contributed by atoms with van der Waals surface area (Å²) in [4.78, 5) is 2.25. The van der Waals surface area contributed by atoms with Crippen LogP contribution in [0.3, 0.4) is 0 Å². The summed E-state index contributed by atoms with van der Waals surface area (Å²) in [5, 5.41) is 24.3. The Morgan fingerprint density at radius 3 is 2.40 bits per heavy atom. The Labute approximate surface area is 178 Å². The fraction of sp³-hybridized carbons (Fsp3) is 0.571. The van der Waals surface area contributed by atoms with Gasteiger partial charge in [0.25, 0.3) is 0 Å². The molecule has 2 heterocycles. The van der Waals surface area contributed by atoms with Crippen LogP contribution in [0.25, 0.3) is 0 Å². The van der Waals surface area contributed by atoms with Gasteiger partial charge in [0.15, 0.2) is 17.3 Å². The van der Waals surface area contributed by atoms with Crippen LogP contribution in [-0.2, 0) is 22.0 Å². The SMILES string of the molecule is Cc1noc(C)c1S(=O)(=O)N1CCCN(Cc2cc(C(C)(C)C)cc(O)c2O)CC1. The summed E-state index contributed by atoms with van der Waals surface area (Å²) in [6, 6.07) is 3.51. The van der Waals surface area contributed by atoms with Gasteiger partial charge in [0.05, 0.1) is 0 Å². The normalized spacial score (nSPS) is 17.2. The monoisotopic (exact) mass is 437 g/mol. The molecule has 2 N–H and O–H groups in total. The molecule has 166 valence electrons. The number of hydrogen-bond donors (Lipinski definition) is 2. The zero-order valence-electron chi connectivity index (χ0n) is 18.3. The maximum atomic E-state index is 13.1. The summed E-state index contributed by atoms with van der Waals surface area (Å²) in [6.45, 7) is 11.8. The van der Waals surface area contributed by atoms with Gasteiger partial charge in [0.1, 0.15) is 10.6 Å². The third-order valence-electron chi connectivity index (χ3n) is 5.54. The summed E-state index contributed by atoms with van der Waals surface area (Å²) in [6.07, 6.45) is 0.661. The maximum Gasteiger partial charge on any atom is 0.248 e. The van der Waals surface area contributed by atoms with Crippen molar-refractivity contribution in [2.75, 3.05) is 26.2 Å². The van der Waals surface area contributed by atoms with Crippen LogP contribution in [0, 0.1) is 13.8 Å². The minimum absolute atomic E-state index is 0.118. The quantitative estimate of drug-likeness (QED) is 0.708. The van der Waals surface area contributed by atoms with E-state index < -0.39 is 10.0 Å². The van der Waals surface area contributed by atoms with Crippen LogP contribution in [-0.4, -0.2) is 59.2 Å². The molecule has 1 aliphatic rings. The molecule has 0 radical (unpaired) electrons. The first kappa shape index (κ1) is 22.6. The first-order chi connectivity index (χ1) is 13.9. The zero-order valence-corrected chi connectivity index (χ0v) is 19.1. The molecule has 1 aliphatic heterocycles. The summed E-state index contributed by atoms with van der Waals surface area (Å²) < 4.78 is 32.7. The van der Waals surface area contributed by atoms with Gasteiger partial charge in [0.2, 0.25) is 10.0 Å². The second-order valence-corrected chi connectivity index (χ2v) is 10.8. The van der Waals surface area contributed by atoms with E-state index in [9.17, 15) is 18.6 Å². The van der Waals surface area contributed by atoms with Crippen molar-refractivity contribution in [2.24, 2.45) is 0 Å². The van der Waals surface area contributed by atoms with Gasteiger partial charge in [-0.3, -0.25) is 4.90 Å². The lowest BCUT2D eigenvalue weighted by Crippen LogP contribution is -2.35. The number of aromatic nitrogens is 1. The molecule has 1 fully saturated rings. The Kier molecular flexibility index (Phi) is 6.18. The number of nitrogens with zero attached hydrogens (tertiary/aromatic N) is 3. The topological polar surface area (TPSA) is 107 Å². The van der Waals surface area contributed by atoms with Gasteiger partial charge in [-0.15, -0.1) is 0 Å². The van der Waals surface area contributed by atoms with Crippen molar-refractivity contribution in [3.63, 3.8) is 0 Å². The minimum atomic E-state index is -3.68. The van der Waals surface area contributed by atoms with Crippen molar-refractivity contribution >= 4 is 10.0 Å². The van der Waals surface area contributed by atoms with Gasteiger partial charge >= 0.3 is 0 Å². The van der Waals surface area contributed by atoms with Crippen LogP contribution >= 0.6 is 0 Å². The lowest BCUT2D eigenvalue weighted by Gasteiger charge is -2.24. The highest BCUT2D eigenvalue weighted by Crippen LogP contribution is 2.36. The average molecular weight is 438 g/mol. The van der Waals surface area contributed by atoms with Gasteiger partial charge in [0, 0.05) is 31.7 Å². The summed E-state index contributed by atoms with van der Waals surface area (Å²) in [5.41, 5.74) is 1.78. The number of phenols is 2. The van der Waals surface area contributed by atoms with Gasteiger partial charge in [-0.2, -0.15) is 4.31 Å². The smallest absolute Gasteiger partial charge is 0.248 e. The van der Waals surface area contributed by atoms with Crippen molar-refractivity contribution < 1.29 is 23.2 Å². The average Bonchev–Trinajstić information content (AvgIpc) is 2.84. The lowest BCUT2D eigenvalue weighted by atomic mass is 9.85. The van der Waals surface area contributed by atoms with Crippen LogP contribution in [0.5, 0.6) is 11.5 Å². The predicted molar refractivity (Wildman–Crippen MR) is 113 cm³/mol. The van der Waals surface area contributed by atoms with Crippen molar-refractivity contribution in [3.05, 3.63) is 34.7 Å². The summed E-state index contributed by atoms with van der Waals surface area (Å²) >= 11 is 0. The molecule has 1 aromatic heterocycles. The standard InChI is InChI=1S/C21H31N3O5S/c1-14-20(15(2)29-22-14)30(27,28)24-8-6-7-23(9-10-24)13-16-11-17(21(3,4)5)12-18(25)19(16)26/h11-12,25-26H,6-10,13H2,1-5H3. The van der Waals surface area contributed by atoms with E-state index in [2.05, 4.69) is 10.1 Å². The molecule has 0 saturated carbocycles. The maximum absolute atomic E-state index is 13.1. The largest absolute Gasteiger partial charge is 0.504 e. The van der Waals surface area contributed by atoms with E-state index in [0.29, 0.717) is 56.2 Å². The van der Waals surface area contributed by atoms with Crippen molar-refractivity contribution in [2.45, 2.75) is 57.9 Å². The molecule has 9 heteroatoms. The Morgan fingerprint density at radius 1 is 1.10 bits per heavy atom. The number of aryl methyl sites for hydroxylation is 2. The molecular weight excluding hydrogens is 406 g/mol. The molecule has 0 amide bonds. The van der Waals surface area contributed by atoms with E-state index in [4.69, 9.17) is 4.52 Å². The van der Waals surface area contributed by atoms with Crippen LogP contribution in [0.4, 0.5) is 0 Å². The number of hydrogen-bond acceptors (Lipinski definition) is 7. The molecular formula is C21H31N3O5S. The summed E-state index contributed by atoms with van der Waals surface area (Å²) in [5.74, 6) is 0.0512. The van der Waals surface area contributed by atoms with E-state index in [1.165, 1.54) is 4.31 Å². The fourth-order valence-corrected chi connectivity index (χ4v) is 5.55. The Morgan fingerprint density at radius 2 is 1.80 bits per heavy atom. The van der Waals surface area contributed by atoms with Gasteiger partial charge in [-0.1, -0.05) is 32.0 Å². The molecule has 1 saturated heterocycles. The van der Waals surface area contributed by atoms with Crippen LogP contribution in [0.1, 0.15) is 49.8 Å². The van der Waals surface area contributed by atoms with Crippen LogP contribution in [0.15, 0.2) is 21.6 Å². The fourth-order valence-electron chi connectivity index (χ4n) is 3.79. The Hall–Kier alpha value is -2.10. The molecule has 3 rings (SSSR count). The first-order valence-electron chi connectivity index (χ1n) is 10.1. The molecule has 0 atom stereocenters. The van der Waals surface area contributed by atoms with Gasteiger partial charge < -0.3 is 14.7 Å². The highest BCUT2D eigenvalue weighted by molar-refractivity contribution is 7.89. The third kappa shape index (κ3) is 4.48. The van der Waals surface area contributed by atoms with Crippen LogP contribution < -0.4 is 0 Å². The van der Waals surface area contributed by atoms with E-state index in [0.717, 1.165) is 5.56 Å². The van der Waals surface area contributed by atoms with Crippen molar-refractivity contribution in [1.29, 1.82) is 0 Å². The first-order valence-corrected chi connectivity index (χ1v) is 11.6. The molecule has 30 heavy (non-hydrogen) atoms. The number of sulfonamides is 1. The Balaban J connectivity index is 1.78. The van der Waals surface area contributed by atoms with Gasteiger partial charge in [-0.05, 0) is 43.9 Å². The Bertz CT molecular complexity index is 1000. The molecule has 0 unspecified atom stereocenters. The number of rotatable bonds is 4. The molecule has 8 nitrogen and oxygen atoms in total. The molecule has 0 spiro atoms. The van der Waals surface area contributed by atoms with E-state index in [1.807, 2.05) is 26.8 Å². The molecule has 0 aliphatic carbocycles. The third-order valence-corrected chi connectivity index (χ3v) is 7.69. The number of benzene rings is 1. The van der Waals surface area contributed by atoms with Crippen molar-refractivity contribution in [3.8, 4) is 11.5 Å². The summed E-state index contributed by atoms with van der Waals surface area (Å²) in [7, 11) is -3.68. The van der Waals surface area contributed by atoms with E-state index in [-0.39, 0.29) is 21.8 Å². The van der Waals surface area contributed by atoms with E-state index >= 15 is 0 Å². The molecule has 0 bridgehead atoms. The predicted octanol–water partition coefficient (Wildman–Crippen LogP) is 2.90. The van der Waals surface area contributed by atoms with Gasteiger partial charge in [-0.25, -0.2) is 8.42 Å². The second kappa shape index (κ2) is 8.20. The highest BCUT2D eigenvalue weighted by atomic mass is 32.2. The lowest BCUT2D eigenvalue weighted by molar-refractivity contribution is 0.272. The van der Waals surface area contributed by atoms with E-state index in [1.54, 1.807) is 19.9 Å². The number of phenolic OH excluding ortho intramolecular Hbond substituents is 2. The van der Waals surface area contributed by atoms with Crippen LogP contribution in [0.2, 0.25) is 0 Å². The minimum Gasteiger partial charge on any atom is -0.504 e. The zero-order chi connectivity index (χ0) is 22.3. The molecule has 2 aromatic rings. The highest BCUT2D eigenvalue weighted by Gasteiger charge is 2.32. The second-order valence-electron chi connectivity index (χ2n) is 8.94. The number of aromatic hydroxyl groups is 2.